The van der Waals surface area contributed by atoms with Crippen LogP contribution in [0.4, 0.5) is 19.1 Å². The minimum Gasteiger partial charge on any atom is -0.361 e. The summed E-state index contributed by atoms with van der Waals surface area (Å²) in [6, 6.07) is 7.01. The molecule has 4 N–H and O–H groups in total. The summed E-state index contributed by atoms with van der Waals surface area (Å²) in [5.41, 5.74) is 2.61. The summed E-state index contributed by atoms with van der Waals surface area (Å²) in [7, 11) is 1.66. The molecule has 1 aromatic carbocycles. The van der Waals surface area contributed by atoms with Gasteiger partial charge in [-0.05, 0) is 36.6 Å². The van der Waals surface area contributed by atoms with Gasteiger partial charge in [-0.3, -0.25) is 4.99 Å². The normalized spacial score (nSPS) is 11.8. The molecule has 0 spiro atoms. The van der Waals surface area contributed by atoms with Crippen molar-refractivity contribution in [2.24, 2.45) is 4.99 Å². The monoisotopic (exact) mass is 547 g/mol. The fraction of sp³-hybridized carbons (Fsp3) is 0.350. The van der Waals surface area contributed by atoms with Gasteiger partial charge < -0.3 is 20.9 Å². The van der Waals surface area contributed by atoms with Crippen molar-refractivity contribution >= 4 is 46.8 Å². The Kier molecular flexibility index (Phi) is 8.89. The molecule has 3 rings (SSSR count). The Bertz CT molecular complexity index is 1020. The SMILES string of the molecule is CN=C(NCCNc1nccc(C(F)(F)F)n1)NCCc1c[nH]c2cccc(C)c12.I. The summed E-state index contributed by atoms with van der Waals surface area (Å²) in [6.07, 6.45) is -0.568. The molecule has 0 fully saturated rings. The average molecular weight is 547 g/mol. The van der Waals surface area contributed by atoms with Gasteiger partial charge in [0.05, 0.1) is 0 Å². The first-order valence-corrected chi connectivity index (χ1v) is 9.52. The van der Waals surface area contributed by atoms with E-state index >= 15 is 0 Å². The molecule has 168 valence electrons. The number of alkyl halides is 3. The lowest BCUT2D eigenvalue weighted by Gasteiger charge is -2.13. The maximum Gasteiger partial charge on any atom is 0.433 e. The lowest BCUT2D eigenvalue weighted by molar-refractivity contribution is -0.141. The van der Waals surface area contributed by atoms with Crippen LogP contribution in [0.3, 0.4) is 0 Å². The van der Waals surface area contributed by atoms with E-state index in [1.165, 1.54) is 16.5 Å². The number of aryl methyl sites for hydroxylation is 1. The van der Waals surface area contributed by atoms with Crippen LogP contribution in [0, 0.1) is 6.92 Å². The first-order valence-electron chi connectivity index (χ1n) is 9.52. The van der Waals surface area contributed by atoms with Gasteiger partial charge in [-0.25, -0.2) is 9.97 Å². The standard InChI is InChI=1S/C20H24F3N7.HI/c1-13-4-3-5-15-17(13)14(12-29-15)6-8-25-18(24-2)27-10-11-28-19-26-9-7-16(30-19)20(21,22)23;/h3-5,7,9,12,29H,6,8,10-11H2,1-2H3,(H2,24,25,27)(H,26,28,30);1H. The molecule has 11 heteroatoms. The number of nitrogens with one attached hydrogen (secondary N) is 4. The number of guanidine groups is 1. The molecule has 0 radical (unpaired) electrons. The van der Waals surface area contributed by atoms with Crippen LogP contribution in [0.1, 0.15) is 16.8 Å². The highest BCUT2D eigenvalue weighted by molar-refractivity contribution is 14.0. The topological polar surface area (TPSA) is 90.0 Å². The molecule has 0 saturated carbocycles. The van der Waals surface area contributed by atoms with Crippen LogP contribution in [-0.4, -0.2) is 47.6 Å². The number of aliphatic imine (C=N–C) groups is 1. The van der Waals surface area contributed by atoms with Crippen molar-refractivity contribution in [1.29, 1.82) is 0 Å². The van der Waals surface area contributed by atoms with Gasteiger partial charge in [0.25, 0.3) is 0 Å². The smallest absolute Gasteiger partial charge is 0.361 e. The second kappa shape index (κ2) is 11.2. The number of H-pyrrole nitrogens is 1. The molecule has 0 aliphatic heterocycles. The fourth-order valence-corrected chi connectivity index (χ4v) is 3.14. The molecular formula is C20H25F3IN7. The van der Waals surface area contributed by atoms with Gasteiger partial charge >= 0.3 is 6.18 Å². The molecule has 3 aromatic rings. The summed E-state index contributed by atoms with van der Waals surface area (Å²) in [5.74, 6) is 0.544. The first kappa shape index (κ1) is 24.7. The number of nitrogens with zero attached hydrogens (tertiary/aromatic N) is 3. The molecule has 7 nitrogen and oxygen atoms in total. The van der Waals surface area contributed by atoms with Crippen LogP contribution < -0.4 is 16.0 Å². The average Bonchev–Trinajstić information content (AvgIpc) is 3.14. The predicted octanol–water partition coefficient (Wildman–Crippen LogP) is 3.72. The Hall–Kier alpha value is -2.57. The third-order valence-corrected chi connectivity index (χ3v) is 4.55. The van der Waals surface area contributed by atoms with Gasteiger partial charge in [-0.2, -0.15) is 13.2 Å². The maximum absolute atomic E-state index is 12.7. The number of fused-ring (bicyclic) bond motifs is 1. The third-order valence-electron chi connectivity index (χ3n) is 4.55. The zero-order chi connectivity index (χ0) is 21.6. The lowest BCUT2D eigenvalue weighted by Crippen LogP contribution is -2.40. The molecule has 0 amide bonds. The molecule has 0 saturated heterocycles. The highest BCUT2D eigenvalue weighted by Gasteiger charge is 2.32. The predicted molar refractivity (Wildman–Crippen MR) is 127 cm³/mol. The molecule has 0 aliphatic carbocycles. The number of aromatic nitrogens is 3. The van der Waals surface area contributed by atoms with Crippen LogP contribution >= 0.6 is 24.0 Å². The molecule has 0 aliphatic rings. The third kappa shape index (κ3) is 6.71. The van der Waals surface area contributed by atoms with Gasteiger partial charge in [0, 0.05) is 50.0 Å². The first-order chi connectivity index (χ1) is 14.4. The number of rotatable bonds is 7. The molecule has 31 heavy (non-hydrogen) atoms. The molecule has 0 unspecified atom stereocenters. The summed E-state index contributed by atoms with van der Waals surface area (Å²) >= 11 is 0. The highest BCUT2D eigenvalue weighted by atomic mass is 127. The van der Waals surface area contributed by atoms with E-state index in [1.807, 2.05) is 12.3 Å². The minimum atomic E-state index is -4.49. The van der Waals surface area contributed by atoms with Crippen molar-refractivity contribution < 1.29 is 13.2 Å². The van der Waals surface area contributed by atoms with Crippen LogP contribution in [0.25, 0.3) is 10.9 Å². The minimum absolute atomic E-state index is 0. The van der Waals surface area contributed by atoms with Crippen LogP contribution in [0.5, 0.6) is 0 Å². The van der Waals surface area contributed by atoms with Gasteiger partial charge in [0.1, 0.15) is 5.69 Å². The molecule has 2 aromatic heterocycles. The highest BCUT2D eigenvalue weighted by Crippen LogP contribution is 2.27. The van der Waals surface area contributed by atoms with Crippen LogP contribution in [-0.2, 0) is 12.6 Å². The van der Waals surface area contributed by atoms with E-state index in [1.54, 1.807) is 7.05 Å². The number of benzene rings is 1. The maximum atomic E-state index is 12.7. The summed E-state index contributed by atoms with van der Waals surface area (Å²) in [6.45, 7) is 3.55. The summed E-state index contributed by atoms with van der Waals surface area (Å²) in [5, 5.41) is 10.4. The Morgan fingerprint density at radius 2 is 1.90 bits per heavy atom. The second-order valence-electron chi connectivity index (χ2n) is 6.68. The van der Waals surface area contributed by atoms with Crippen LogP contribution in [0.2, 0.25) is 0 Å². The van der Waals surface area contributed by atoms with Crippen molar-refractivity contribution in [3.05, 3.63) is 53.5 Å². The Morgan fingerprint density at radius 3 is 2.65 bits per heavy atom. The molecule has 0 atom stereocenters. The summed E-state index contributed by atoms with van der Waals surface area (Å²) in [4.78, 5) is 14.7. The van der Waals surface area contributed by atoms with E-state index in [-0.39, 0.29) is 29.9 Å². The number of anilines is 1. The quantitative estimate of drug-likeness (QED) is 0.157. The molecular weight excluding hydrogens is 522 g/mol. The Labute approximate surface area is 195 Å². The number of aromatic amines is 1. The lowest BCUT2D eigenvalue weighted by atomic mass is 10.1. The molecule has 2 heterocycles. The van der Waals surface area contributed by atoms with Crippen molar-refractivity contribution in [2.45, 2.75) is 19.5 Å². The summed E-state index contributed by atoms with van der Waals surface area (Å²) < 4.78 is 38.0. The van der Waals surface area contributed by atoms with E-state index in [9.17, 15) is 13.2 Å². The molecule has 0 bridgehead atoms. The zero-order valence-corrected chi connectivity index (χ0v) is 19.5. The fourth-order valence-electron chi connectivity index (χ4n) is 3.14. The van der Waals surface area contributed by atoms with Crippen LogP contribution in [0.15, 0.2) is 41.7 Å². The second-order valence-corrected chi connectivity index (χ2v) is 6.68. The number of hydrogen-bond donors (Lipinski definition) is 4. The van der Waals surface area contributed by atoms with Crippen molar-refractivity contribution in [1.82, 2.24) is 25.6 Å². The number of hydrogen-bond acceptors (Lipinski definition) is 4. The van der Waals surface area contributed by atoms with E-state index in [0.717, 1.165) is 24.2 Å². The van der Waals surface area contributed by atoms with Gasteiger partial charge in [0.2, 0.25) is 5.95 Å². The van der Waals surface area contributed by atoms with E-state index in [0.29, 0.717) is 25.6 Å². The number of halogens is 4. The van der Waals surface area contributed by atoms with E-state index in [2.05, 4.69) is 55.0 Å². The largest absolute Gasteiger partial charge is 0.433 e. The van der Waals surface area contributed by atoms with Gasteiger partial charge in [0.15, 0.2) is 5.96 Å². The van der Waals surface area contributed by atoms with Crippen molar-refractivity contribution in [3.63, 3.8) is 0 Å². The van der Waals surface area contributed by atoms with Gasteiger partial charge in [-0.15, -0.1) is 24.0 Å². The van der Waals surface area contributed by atoms with Crippen molar-refractivity contribution in [3.8, 4) is 0 Å². The van der Waals surface area contributed by atoms with Gasteiger partial charge in [-0.1, -0.05) is 12.1 Å². The van der Waals surface area contributed by atoms with Crippen molar-refractivity contribution in [2.75, 3.05) is 32.0 Å². The zero-order valence-electron chi connectivity index (χ0n) is 17.2. The Balaban J connectivity index is 0.00000341. The van der Waals surface area contributed by atoms with E-state index < -0.39 is 11.9 Å². The van der Waals surface area contributed by atoms with E-state index in [4.69, 9.17) is 0 Å². The Morgan fingerprint density at radius 1 is 1.13 bits per heavy atom.